The monoisotopic (exact) mass is 447 g/mol. The first-order chi connectivity index (χ1) is 16.1. The molecule has 0 spiro atoms. The van der Waals surface area contributed by atoms with E-state index in [1.165, 1.54) is 0 Å². The fraction of sp³-hybridized carbons (Fsp3) is 0.304. The van der Waals surface area contributed by atoms with Gasteiger partial charge >= 0.3 is 0 Å². The maximum Gasteiger partial charge on any atom is 0.228 e. The third-order valence-electron chi connectivity index (χ3n) is 5.79. The van der Waals surface area contributed by atoms with Crippen LogP contribution in [0.3, 0.4) is 0 Å². The molecule has 1 aromatic heterocycles. The van der Waals surface area contributed by atoms with Crippen LogP contribution < -0.4 is 29.7 Å². The fourth-order valence-corrected chi connectivity index (χ4v) is 4.09. The van der Waals surface area contributed by atoms with Crippen molar-refractivity contribution in [2.45, 2.75) is 0 Å². The highest BCUT2D eigenvalue weighted by Crippen LogP contribution is 2.44. The van der Waals surface area contributed by atoms with Crippen molar-refractivity contribution in [1.29, 1.82) is 0 Å². The molecule has 1 aliphatic carbocycles. The Morgan fingerprint density at radius 3 is 1.85 bits per heavy atom. The van der Waals surface area contributed by atoms with Gasteiger partial charge in [-0.25, -0.2) is 15.0 Å². The molecule has 0 radical (unpaired) electrons. The lowest BCUT2D eigenvalue weighted by atomic mass is 10.2. The van der Waals surface area contributed by atoms with Gasteiger partial charge in [-0.1, -0.05) is 18.2 Å². The molecule has 170 valence electrons. The van der Waals surface area contributed by atoms with Gasteiger partial charge in [0.2, 0.25) is 17.6 Å². The zero-order valence-corrected chi connectivity index (χ0v) is 18.8. The predicted molar refractivity (Wildman–Crippen MR) is 127 cm³/mol. The SMILES string of the molecule is COc1cc2c(N)nc(N3CCN(c4nc5cccccc-5n4)CC3)nc2c(OC)c1OC. The van der Waals surface area contributed by atoms with Crippen LogP contribution in [0.1, 0.15) is 0 Å². The quantitative estimate of drug-likeness (QED) is 0.490. The van der Waals surface area contributed by atoms with Gasteiger partial charge in [-0.05, 0) is 18.2 Å². The highest BCUT2D eigenvalue weighted by molar-refractivity contribution is 5.97. The Balaban J connectivity index is 1.43. The summed E-state index contributed by atoms with van der Waals surface area (Å²) in [7, 11) is 4.69. The Bertz CT molecular complexity index is 1240. The van der Waals surface area contributed by atoms with E-state index in [0.29, 0.717) is 53.0 Å². The third-order valence-corrected chi connectivity index (χ3v) is 5.79. The normalized spacial score (nSPS) is 14.0. The molecule has 33 heavy (non-hydrogen) atoms. The molecule has 0 atom stereocenters. The fourth-order valence-electron chi connectivity index (χ4n) is 4.09. The second-order valence-corrected chi connectivity index (χ2v) is 7.63. The van der Waals surface area contributed by atoms with Gasteiger partial charge in [0.25, 0.3) is 0 Å². The van der Waals surface area contributed by atoms with Crippen LogP contribution in [0.25, 0.3) is 22.3 Å². The molecule has 10 heteroatoms. The second kappa shape index (κ2) is 8.45. The number of fused-ring (bicyclic) bond motifs is 2. The highest BCUT2D eigenvalue weighted by atomic mass is 16.5. The lowest BCUT2D eigenvalue weighted by molar-refractivity contribution is 0.327. The van der Waals surface area contributed by atoms with Gasteiger partial charge < -0.3 is 29.7 Å². The van der Waals surface area contributed by atoms with E-state index in [0.717, 1.165) is 30.4 Å². The van der Waals surface area contributed by atoms with Crippen molar-refractivity contribution in [2.24, 2.45) is 0 Å². The van der Waals surface area contributed by atoms with Crippen molar-refractivity contribution in [3.63, 3.8) is 0 Å². The van der Waals surface area contributed by atoms with Gasteiger partial charge in [0.15, 0.2) is 11.5 Å². The van der Waals surface area contributed by atoms with E-state index in [-0.39, 0.29) is 0 Å². The zero-order chi connectivity index (χ0) is 22.9. The lowest BCUT2D eigenvalue weighted by Crippen LogP contribution is -2.47. The van der Waals surface area contributed by atoms with Crippen LogP contribution in [0.15, 0.2) is 36.4 Å². The number of hydrogen-bond acceptors (Lipinski definition) is 10. The first-order valence-corrected chi connectivity index (χ1v) is 10.6. The van der Waals surface area contributed by atoms with Gasteiger partial charge in [0, 0.05) is 26.2 Å². The molecule has 1 fully saturated rings. The van der Waals surface area contributed by atoms with Gasteiger partial charge in [-0.2, -0.15) is 4.98 Å². The summed E-state index contributed by atoms with van der Waals surface area (Å²) in [5, 5.41) is 0.650. The van der Waals surface area contributed by atoms with Crippen molar-refractivity contribution in [3.8, 4) is 28.6 Å². The Kier molecular flexibility index (Phi) is 5.33. The summed E-state index contributed by atoms with van der Waals surface area (Å²) < 4.78 is 16.5. The molecule has 0 unspecified atom stereocenters. The maximum atomic E-state index is 6.31. The summed E-state index contributed by atoms with van der Waals surface area (Å²) in [4.78, 5) is 23.0. The van der Waals surface area contributed by atoms with Gasteiger partial charge in [-0.3, -0.25) is 0 Å². The summed E-state index contributed by atoms with van der Waals surface area (Å²) in [5.41, 5.74) is 8.67. The molecular formula is C23H25N7O3. The number of aromatic nitrogens is 4. The van der Waals surface area contributed by atoms with Crippen molar-refractivity contribution in [2.75, 3.05) is 63.0 Å². The largest absolute Gasteiger partial charge is 0.493 e. The van der Waals surface area contributed by atoms with Crippen molar-refractivity contribution in [3.05, 3.63) is 36.4 Å². The average Bonchev–Trinajstić information content (AvgIpc) is 3.13. The number of hydrogen-bond donors (Lipinski definition) is 1. The van der Waals surface area contributed by atoms with Gasteiger partial charge in [-0.15, -0.1) is 0 Å². The molecule has 0 amide bonds. The number of imidazole rings is 1. The van der Waals surface area contributed by atoms with Crippen molar-refractivity contribution >= 4 is 28.6 Å². The molecule has 1 saturated heterocycles. The molecule has 3 aliphatic rings. The van der Waals surface area contributed by atoms with Gasteiger partial charge in [0.1, 0.15) is 11.3 Å². The van der Waals surface area contributed by atoms with Gasteiger partial charge in [0.05, 0.1) is 38.1 Å². The highest BCUT2D eigenvalue weighted by Gasteiger charge is 2.25. The minimum Gasteiger partial charge on any atom is -0.493 e. The van der Waals surface area contributed by atoms with Crippen LogP contribution in [0.5, 0.6) is 17.2 Å². The summed E-state index contributed by atoms with van der Waals surface area (Å²) in [6, 6.07) is 11.6. The van der Waals surface area contributed by atoms with Crippen LogP contribution in [0.4, 0.5) is 17.7 Å². The number of rotatable bonds is 5. The molecule has 0 saturated carbocycles. The molecule has 2 aliphatic heterocycles. The summed E-state index contributed by atoms with van der Waals surface area (Å²) in [6.07, 6.45) is 0. The van der Waals surface area contributed by atoms with E-state index in [4.69, 9.17) is 34.9 Å². The smallest absolute Gasteiger partial charge is 0.228 e. The molecule has 0 bridgehead atoms. The minimum absolute atomic E-state index is 0.357. The zero-order valence-electron chi connectivity index (χ0n) is 18.8. The van der Waals surface area contributed by atoms with Crippen molar-refractivity contribution < 1.29 is 14.2 Å². The van der Waals surface area contributed by atoms with Crippen LogP contribution >= 0.6 is 0 Å². The van der Waals surface area contributed by atoms with E-state index in [9.17, 15) is 0 Å². The Morgan fingerprint density at radius 1 is 0.727 bits per heavy atom. The standard InChI is InChI=1S/C23H25N7O3/c1-31-17-13-14-18(20(33-3)19(17)32-2)27-23(28-21(14)24)30-11-9-29(10-12-30)22-25-15-7-5-4-6-8-16(15)26-22/h4-8,13H,9-12H2,1-3H3,(H2,24,27,28). The first-order valence-electron chi connectivity index (χ1n) is 10.6. The number of methoxy groups -OCH3 is 3. The van der Waals surface area contributed by atoms with E-state index >= 15 is 0 Å². The molecule has 2 N–H and O–H groups in total. The summed E-state index contributed by atoms with van der Waals surface area (Å²) in [5.74, 6) is 3.09. The first kappa shape index (κ1) is 20.8. The topological polar surface area (TPSA) is 112 Å². The number of anilines is 3. The van der Waals surface area contributed by atoms with Crippen LogP contribution in [-0.4, -0.2) is 67.4 Å². The molecule has 3 heterocycles. The van der Waals surface area contributed by atoms with Crippen LogP contribution in [-0.2, 0) is 0 Å². The minimum atomic E-state index is 0.357. The Morgan fingerprint density at radius 2 is 1.30 bits per heavy atom. The molecule has 2 aromatic rings. The lowest BCUT2D eigenvalue weighted by Gasteiger charge is -2.34. The molecule has 5 rings (SSSR count). The van der Waals surface area contributed by atoms with E-state index < -0.39 is 0 Å². The van der Waals surface area contributed by atoms with E-state index in [1.807, 2.05) is 30.3 Å². The Hall–Kier alpha value is -4.08. The Labute approximate surface area is 191 Å². The number of nitrogens with two attached hydrogens (primary N) is 1. The predicted octanol–water partition coefficient (Wildman–Crippen LogP) is 2.46. The molecular weight excluding hydrogens is 422 g/mol. The number of nitrogens with zero attached hydrogens (tertiary/aromatic N) is 6. The van der Waals surface area contributed by atoms with E-state index in [1.54, 1.807) is 27.4 Å². The van der Waals surface area contributed by atoms with Crippen LogP contribution in [0, 0.1) is 0 Å². The molecule has 10 nitrogen and oxygen atoms in total. The number of nitrogen functional groups attached to an aromatic ring is 1. The van der Waals surface area contributed by atoms with Crippen LogP contribution in [0.2, 0.25) is 0 Å². The summed E-state index contributed by atoms with van der Waals surface area (Å²) in [6.45, 7) is 2.90. The number of ether oxygens (including phenoxy) is 3. The number of benzene rings is 1. The average molecular weight is 447 g/mol. The van der Waals surface area contributed by atoms with Crippen molar-refractivity contribution in [1.82, 2.24) is 19.9 Å². The maximum absolute atomic E-state index is 6.31. The third kappa shape index (κ3) is 3.63. The van der Waals surface area contributed by atoms with E-state index in [2.05, 4.69) is 14.8 Å². The second-order valence-electron chi connectivity index (χ2n) is 7.63. The summed E-state index contributed by atoms with van der Waals surface area (Å²) >= 11 is 0. The molecule has 1 aromatic carbocycles. The number of piperazine rings is 1.